The molecule has 0 aromatic carbocycles. The number of ketones is 1. The van der Waals surface area contributed by atoms with Gasteiger partial charge in [0.05, 0.1) is 45.7 Å². The van der Waals surface area contributed by atoms with E-state index < -0.39 is 204 Å². The zero-order valence-corrected chi connectivity index (χ0v) is 58.1. The average molecular weight is 1380 g/mol. The van der Waals surface area contributed by atoms with Gasteiger partial charge in [0.25, 0.3) is 11.8 Å². The summed E-state index contributed by atoms with van der Waals surface area (Å²) in [4.78, 5) is 164. The van der Waals surface area contributed by atoms with Crippen LogP contribution < -0.4 is 16.0 Å². The van der Waals surface area contributed by atoms with Crippen LogP contribution in [0.25, 0.3) is 0 Å². The van der Waals surface area contributed by atoms with E-state index in [2.05, 4.69) is 43.6 Å². The summed E-state index contributed by atoms with van der Waals surface area (Å²) in [5.74, 6) is -12.5. The van der Waals surface area contributed by atoms with Gasteiger partial charge in [0.2, 0.25) is 5.91 Å². The predicted molar refractivity (Wildman–Crippen MR) is 331 cm³/mol. The predicted octanol–water partition coefficient (Wildman–Crippen LogP) is 1.97. The Morgan fingerprint density at radius 2 is 0.948 bits per heavy atom. The number of nitrogens with one attached hydrogen (secondary N) is 3. The number of amides is 3. The van der Waals surface area contributed by atoms with Crippen LogP contribution in [0.15, 0.2) is 11.6 Å². The quantitative estimate of drug-likeness (QED) is 0.0457. The summed E-state index contributed by atoms with van der Waals surface area (Å²) in [6.45, 7) is 20.8. The Kier molecular flexibility index (Phi) is 24.7. The molecular weight excluding hydrogens is 1280 g/mol. The highest BCUT2D eigenvalue weighted by Gasteiger charge is 2.71. The van der Waals surface area contributed by atoms with Crippen LogP contribution in [0.2, 0.25) is 0 Å². The number of carbonyl (C=O) groups excluding carboxylic acids is 12. The van der Waals surface area contributed by atoms with Gasteiger partial charge >= 0.3 is 47.8 Å². The summed E-state index contributed by atoms with van der Waals surface area (Å²) in [5.41, 5.74) is -3.17. The molecule has 2 aliphatic heterocycles. The summed E-state index contributed by atoms with van der Waals surface area (Å²) in [6, 6.07) is -4.77. The van der Waals surface area contributed by atoms with E-state index in [0.717, 1.165) is 53.0 Å². The van der Waals surface area contributed by atoms with Gasteiger partial charge in [-0.1, -0.05) is 54.0 Å². The van der Waals surface area contributed by atoms with Gasteiger partial charge in [0, 0.05) is 46.0 Å². The van der Waals surface area contributed by atoms with Crippen molar-refractivity contribution in [2.24, 2.45) is 50.2 Å². The van der Waals surface area contributed by atoms with Crippen molar-refractivity contribution in [3.05, 3.63) is 11.6 Å². The number of esters is 8. The number of hydrogen-bond donors (Lipinski definition) is 6. The van der Waals surface area contributed by atoms with E-state index in [9.17, 15) is 68.1 Å². The van der Waals surface area contributed by atoms with Gasteiger partial charge in [-0.25, -0.2) is 14.4 Å². The Bertz CT molecular complexity index is 3050. The highest BCUT2D eigenvalue weighted by molar-refractivity contribution is 5.96. The molecule has 6 N–H and O–H groups in total. The highest BCUT2D eigenvalue weighted by Crippen LogP contribution is 2.75. The number of aliphatic hydroxyl groups is 3. The topological polar surface area (TPSA) is 412 Å². The van der Waals surface area contributed by atoms with E-state index in [4.69, 9.17) is 56.8 Å². The fourth-order valence-corrected chi connectivity index (χ4v) is 17.0. The van der Waals surface area contributed by atoms with Crippen LogP contribution in [-0.2, 0) is 114 Å². The summed E-state index contributed by atoms with van der Waals surface area (Å²) in [6.07, 6.45) is -15.4. The first-order valence-corrected chi connectivity index (χ1v) is 33.4. The lowest BCUT2D eigenvalue weighted by atomic mass is 9.33. The minimum atomic E-state index is -2.27. The Morgan fingerprint density at radius 3 is 1.40 bits per heavy atom. The molecule has 544 valence electrons. The van der Waals surface area contributed by atoms with Crippen LogP contribution in [-0.4, -0.2) is 212 Å². The zero-order valence-electron chi connectivity index (χ0n) is 58.1. The van der Waals surface area contributed by atoms with Crippen molar-refractivity contribution in [3.63, 3.8) is 0 Å². The van der Waals surface area contributed by atoms with Crippen molar-refractivity contribution >= 4 is 71.3 Å². The second-order valence-corrected chi connectivity index (χ2v) is 28.5. The molecule has 7 rings (SSSR count). The van der Waals surface area contributed by atoms with Crippen molar-refractivity contribution in [1.82, 2.24) is 16.0 Å². The summed E-state index contributed by atoms with van der Waals surface area (Å²) >= 11 is 0. The summed E-state index contributed by atoms with van der Waals surface area (Å²) < 4.78 is 70.6. The molecule has 5 aliphatic carbocycles. The fraction of sp³-hybridized carbons (Fsp3) is 0.791. The van der Waals surface area contributed by atoms with Gasteiger partial charge < -0.3 is 88.1 Å². The van der Waals surface area contributed by atoms with E-state index in [1.807, 2.05) is 26.8 Å². The van der Waals surface area contributed by atoms with Gasteiger partial charge in [-0.3, -0.25) is 43.2 Å². The monoisotopic (exact) mass is 1380 g/mol. The molecule has 2 saturated heterocycles. The molecule has 0 bridgehead atoms. The molecule has 4 saturated carbocycles. The third-order valence-corrected chi connectivity index (χ3v) is 21.9. The Morgan fingerprint density at radius 1 is 0.526 bits per heavy atom. The minimum Gasteiger partial charge on any atom is -0.464 e. The molecule has 2 heterocycles. The van der Waals surface area contributed by atoms with Gasteiger partial charge in [0.15, 0.2) is 85.3 Å². The van der Waals surface area contributed by atoms with Crippen LogP contribution in [0.4, 0.5) is 0 Å². The molecular formula is C67H99N3O27. The standard InChI is InChI=1S/C67H99N3O27/c1-16-86-56(82)39(29-71)68-54(80)49-46(90-33(5)75)48(92-35(7)77)52(97-60-51(93-36(8)78)47(91-34(6)76)45(89-32(4)74)50(96-60)55(81)69-40(30-72)57(83)87-17-2)59(95-49)94-44-20-21-65(13)43(62(44,9)10)19-22-67(15)53(65)42(79)27-37-38-28-64(12,24-23-63(38,11)25-26-66(37,67)14)61(85)70-41(31-73)58(84)88-18-3/h27,38-41,43-53,59-60,71-73H,16-26,28-31H2,1-15H3,(H,68,80)(H,69,81)(H,70,85)/t38?,39?,40?,41?,43?,44?,45?,46?,47?,48?,49?,50?,51?,52?,53?,59?,60?,63-,64+,65+,66-,67-/m1/s1. The van der Waals surface area contributed by atoms with Gasteiger partial charge in [-0.05, 0) is 124 Å². The number of aliphatic hydroxyl groups excluding tert-OH is 3. The van der Waals surface area contributed by atoms with Crippen LogP contribution >= 0.6 is 0 Å². The van der Waals surface area contributed by atoms with Gasteiger partial charge in [-0.2, -0.15) is 0 Å². The molecule has 0 spiro atoms. The number of rotatable bonds is 24. The van der Waals surface area contributed by atoms with Crippen LogP contribution in [0.5, 0.6) is 0 Å². The van der Waals surface area contributed by atoms with Crippen molar-refractivity contribution in [2.45, 2.75) is 247 Å². The SMILES string of the molecule is CCOC(=O)C(CO)NC(=O)C1OC(OC2C(OC3CC[C@@]4(C)C(CC[C@]5(C)C4C(=O)C=C4C6C[C@@](C)(C(=O)NC(CO)C(=O)OCC)CC[C@]6(C)CC[C@]45C)C3(C)C)OC(C(=O)NC(CO)C(=O)OCC)C(OC(C)=O)C2OC(C)=O)C(OC(C)=O)C(OC(C)=O)C1OC(C)=O. The number of fused-ring (bicyclic) bond motifs is 7. The van der Waals surface area contributed by atoms with Crippen molar-refractivity contribution in [2.75, 3.05) is 39.6 Å². The molecule has 22 atom stereocenters. The van der Waals surface area contributed by atoms with E-state index in [1.54, 1.807) is 6.92 Å². The fourth-order valence-electron chi connectivity index (χ4n) is 17.0. The number of carbonyl (C=O) groups is 12. The number of hydrogen-bond acceptors (Lipinski definition) is 27. The molecule has 0 aromatic heterocycles. The first kappa shape index (κ1) is 77.6. The molecule has 30 heteroatoms. The minimum absolute atomic E-state index is 0.0604. The normalized spacial score (nSPS) is 36.5. The largest absolute Gasteiger partial charge is 0.464 e. The number of allylic oxidation sites excluding steroid dienone is 2. The van der Waals surface area contributed by atoms with E-state index in [0.29, 0.717) is 38.5 Å². The lowest BCUT2D eigenvalue weighted by Crippen LogP contribution is -2.70. The van der Waals surface area contributed by atoms with E-state index in [1.165, 1.54) is 13.8 Å². The third kappa shape index (κ3) is 15.7. The molecule has 7 aliphatic rings. The maximum absolute atomic E-state index is 15.7. The summed E-state index contributed by atoms with van der Waals surface area (Å²) in [7, 11) is 0. The van der Waals surface area contributed by atoms with Crippen molar-refractivity contribution < 1.29 is 130 Å². The molecule has 17 unspecified atom stereocenters. The zero-order chi connectivity index (χ0) is 72.2. The molecule has 30 nitrogen and oxygen atoms in total. The van der Waals surface area contributed by atoms with Crippen molar-refractivity contribution in [1.29, 1.82) is 0 Å². The Hall–Kier alpha value is -6.70. The molecule has 0 aromatic rings. The average Bonchev–Trinajstić information content (AvgIpc) is 0.674. The number of ether oxygens (including phenoxy) is 12. The highest BCUT2D eigenvalue weighted by atomic mass is 16.8. The van der Waals surface area contributed by atoms with Crippen molar-refractivity contribution in [3.8, 4) is 0 Å². The third-order valence-electron chi connectivity index (χ3n) is 21.9. The molecule has 3 amide bonds. The molecule has 0 radical (unpaired) electrons. The molecule has 97 heavy (non-hydrogen) atoms. The van der Waals surface area contributed by atoms with Crippen LogP contribution in [0, 0.1) is 50.2 Å². The first-order valence-electron chi connectivity index (χ1n) is 33.4. The Balaban J connectivity index is 1.32. The maximum Gasteiger partial charge on any atom is 0.331 e. The second-order valence-electron chi connectivity index (χ2n) is 28.5. The first-order chi connectivity index (χ1) is 45.4. The van der Waals surface area contributed by atoms with Gasteiger partial charge in [0.1, 0.15) is 0 Å². The van der Waals surface area contributed by atoms with Crippen LogP contribution in [0.1, 0.15) is 162 Å². The lowest BCUT2D eigenvalue weighted by molar-refractivity contribution is -0.370. The Labute approximate surface area is 563 Å². The van der Waals surface area contributed by atoms with Crippen LogP contribution in [0.3, 0.4) is 0 Å². The van der Waals surface area contributed by atoms with E-state index in [-0.39, 0.29) is 49.3 Å². The molecule has 6 fully saturated rings. The lowest BCUT2D eigenvalue weighted by Gasteiger charge is -2.70. The second kappa shape index (κ2) is 30.8. The van der Waals surface area contributed by atoms with E-state index >= 15 is 4.79 Å². The van der Waals surface area contributed by atoms with Gasteiger partial charge in [-0.15, -0.1) is 0 Å². The smallest absolute Gasteiger partial charge is 0.331 e. The summed E-state index contributed by atoms with van der Waals surface area (Å²) in [5, 5.41) is 38.1. The maximum atomic E-state index is 15.7.